The maximum atomic E-state index is 12.8. The number of likely N-dealkylation sites (tertiary alicyclic amines) is 1. The molecule has 2 atom stereocenters. The topological polar surface area (TPSA) is 105 Å². The lowest BCUT2D eigenvalue weighted by molar-refractivity contribution is -0.143. The van der Waals surface area contributed by atoms with Crippen LogP contribution in [0.3, 0.4) is 0 Å². The first-order chi connectivity index (χ1) is 13.4. The number of aliphatic carboxylic acids is 1. The van der Waals surface area contributed by atoms with Gasteiger partial charge in [-0.2, -0.15) is 0 Å². The number of carbonyl (C=O) groups is 3. The number of imidazole rings is 1. The van der Waals surface area contributed by atoms with E-state index in [1.165, 1.54) is 0 Å². The van der Waals surface area contributed by atoms with E-state index in [9.17, 15) is 19.5 Å². The van der Waals surface area contributed by atoms with Gasteiger partial charge in [0.2, 0.25) is 5.91 Å². The van der Waals surface area contributed by atoms with Crippen molar-refractivity contribution in [1.82, 2.24) is 14.5 Å². The maximum Gasteiger partial charge on any atom is 0.308 e. The van der Waals surface area contributed by atoms with Crippen molar-refractivity contribution in [1.29, 1.82) is 0 Å². The van der Waals surface area contributed by atoms with Gasteiger partial charge in [-0.25, -0.2) is 4.98 Å². The summed E-state index contributed by atoms with van der Waals surface area (Å²) >= 11 is 0. The predicted molar refractivity (Wildman–Crippen MR) is 103 cm³/mol. The second-order valence-corrected chi connectivity index (χ2v) is 7.27. The highest BCUT2D eigenvalue weighted by Crippen LogP contribution is 2.24. The third-order valence-electron chi connectivity index (χ3n) is 4.85. The van der Waals surface area contributed by atoms with Gasteiger partial charge in [-0.05, 0) is 30.5 Å². The van der Waals surface area contributed by atoms with Crippen LogP contribution in [0.4, 0.5) is 5.69 Å². The SMILES string of the molecule is CC1CC(C(=O)O)CN(C(=O)c2cccc(NC(=O)CCn3ccnc3)c2)C1. The molecule has 148 valence electrons. The lowest BCUT2D eigenvalue weighted by atomic mass is 9.90. The van der Waals surface area contributed by atoms with Gasteiger partial charge in [0, 0.05) is 49.7 Å². The molecule has 0 radical (unpaired) electrons. The average Bonchev–Trinajstić information content (AvgIpc) is 3.19. The van der Waals surface area contributed by atoms with Gasteiger partial charge >= 0.3 is 5.97 Å². The van der Waals surface area contributed by atoms with E-state index in [-0.39, 0.29) is 24.3 Å². The van der Waals surface area contributed by atoms with E-state index < -0.39 is 11.9 Å². The highest BCUT2D eigenvalue weighted by molar-refractivity contribution is 5.97. The van der Waals surface area contributed by atoms with E-state index in [4.69, 9.17) is 0 Å². The molecular weight excluding hydrogens is 360 g/mol. The van der Waals surface area contributed by atoms with Crippen molar-refractivity contribution in [2.45, 2.75) is 26.3 Å². The number of hydrogen-bond acceptors (Lipinski definition) is 4. The maximum absolute atomic E-state index is 12.8. The third kappa shape index (κ3) is 4.97. The summed E-state index contributed by atoms with van der Waals surface area (Å²) < 4.78 is 1.82. The van der Waals surface area contributed by atoms with Gasteiger partial charge in [0.05, 0.1) is 12.2 Å². The summed E-state index contributed by atoms with van der Waals surface area (Å²) in [6, 6.07) is 6.75. The van der Waals surface area contributed by atoms with E-state index >= 15 is 0 Å². The minimum atomic E-state index is -0.872. The highest BCUT2D eigenvalue weighted by Gasteiger charge is 2.32. The van der Waals surface area contributed by atoms with Gasteiger partial charge < -0.3 is 19.9 Å². The van der Waals surface area contributed by atoms with Crippen LogP contribution in [0.25, 0.3) is 0 Å². The van der Waals surface area contributed by atoms with Crippen molar-refractivity contribution >= 4 is 23.5 Å². The summed E-state index contributed by atoms with van der Waals surface area (Å²) in [5, 5.41) is 12.1. The average molecular weight is 384 g/mol. The lowest BCUT2D eigenvalue weighted by Gasteiger charge is -2.34. The van der Waals surface area contributed by atoms with E-state index in [0.29, 0.717) is 37.2 Å². The molecule has 0 spiro atoms. The first-order valence-electron chi connectivity index (χ1n) is 9.30. The molecule has 1 aliphatic heterocycles. The van der Waals surface area contributed by atoms with Crippen LogP contribution in [0.1, 0.15) is 30.1 Å². The highest BCUT2D eigenvalue weighted by atomic mass is 16.4. The fourth-order valence-electron chi connectivity index (χ4n) is 3.48. The van der Waals surface area contributed by atoms with Crippen LogP contribution in [0, 0.1) is 11.8 Å². The van der Waals surface area contributed by atoms with Gasteiger partial charge in [-0.1, -0.05) is 13.0 Å². The second kappa shape index (κ2) is 8.69. The molecule has 2 amide bonds. The molecule has 2 N–H and O–H groups in total. The summed E-state index contributed by atoms with van der Waals surface area (Å²) in [4.78, 5) is 41.8. The molecule has 0 aliphatic carbocycles. The molecule has 1 saturated heterocycles. The molecule has 3 rings (SSSR count). The van der Waals surface area contributed by atoms with Crippen LogP contribution in [0.5, 0.6) is 0 Å². The van der Waals surface area contributed by atoms with Crippen molar-refractivity contribution in [2.75, 3.05) is 18.4 Å². The number of aromatic nitrogens is 2. The number of nitrogens with one attached hydrogen (secondary N) is 1. The van der Waals surface area contributed by atoms with Crippen molar-refractivity contribution in [3.8, 4) is 0 Å². The fraction of sp³-hybridized carbons (Fsp3) is 0.400. The molecule has 28 heavy (non-hydrogen) atoms. The lowest BCUT2D eigenvalue weighted by Crippen LogP contribution is -2.45. The second-order valence-electron chi connectivity index (χ2n) is 7.27. The number of hydrogen-bond donors (Lipinski definition) is 2. The zero-order chi connectivity index (χ0) is 20.1. The summed E-state index contributed by atoms with van der Waals surface area (Å²) in [7, 11) is 0. The fourth-order valence-corrected chi connectivity index (χ4v) is 3.48. The summed E-state index contributed by atoms with van der Waals surface area (Å²) in [5.74, 6) is -1.66. The van der Waals surface area contributed by atoms with Gasteiger partial charge in [0.15, 0.2) is 0 Å². The van der Waals surface area contributed by atoms with Gasteiger partial charge in [0.1, 0.15) is 0 Å². The number of piperidine rings is 1. The Balaban J connectivity index is 1.62. The Hall–Kier alpha value is -3.16. The number of benzene rings is 1. The van der Waals surface area contributed by atoms with Crippen molar-refractivity contribution in [3.05, 3.63) is 48.5 Å². The third-order valence-corrected chi connectivity index (χ3v) is 4.85. The minimum absolute atomic E-state index is 0.130. The number of carboxylic acids is 1. The molecule has 1 aromatic carbocycles. The molecule has 8 nitrogen and oxygen atoms in total. The van der Waals surface area contributed by atoms with Crippen molar-refractivity contribution in [2.24, 2.45) is 11.8 Å². The predicted octanol–water partition coefficient (Wildman–Crippen LogP) is 2.09. The Morgan fingerprint density at radius 3 is 2.82 bits per heavy atom. The number of carbonyl (C=O) groups excluding carboxylic acids is 2. The summed E-state index contributed by atoms with van der Waals surface area (Å²) in [5.41, 5.74) is 0.979. The van der Waals surface area contributed by atoms with Gasteiger partial charge in [-0.15, -0.1) is 0 Å². The normalized spacial score (nSPS) is 19.2. The first kappa shape index (κ1) is 19.6. The smallest absolute Gasteiger partial charge is 0.308 e. The Morgan fingerprint density at radius 2 is 2.11 bits per heavy atom. The van der Waals surface area contributed by atoms with Gasteiger partial charge in [0.25, 0.3) is 5.91 Å². The van der Waals surface area contributed by atoms with Crippen LogP contribution in [0.2, 0.25) is 0 Å². The monoisotopic (exact) mass is 384 g/mol. The molecule has 0 bridgehead atoms. The minimum Gasteiger partial charge on any atom is -0.481 e. The molecule has 2 heterocycles. The largest absolute Gasteiger partial charge is 0.481 e. The van der Waals surface area contributed by atoms with Crippen LogP contribution in [0.15, 0.2) is 43.0 Å². The van der Waals surface area contributed by atoms with E-state index in [2.05, 4.69) is 10.3 Å². The van der Waals surface area contributed by atoms with Crippen molar-refractivity contribution in [3.63, 3.8) is 0 Å². The zero-order valence-electron chi connectivity index (χ0n) is 15.7. The quantitative estimate of drug-likeness (QED) is 0.794. The molecule has 1 fully saturated rings. The van der Waals surface area contributed by atoms with Crippen LogP contribution >= 0.6 is 0 Å². The van der Waals surface area contributed by atoms with Crippen LogP contribution < -0.4 is 5.32 Å². The standard InChI is InChI=1S/C20H24N4O4/c1-14-9-16(20(27)28)12-24(11-14)19(26)15-3-2-4-17(10-15)22-18(25)5-7-23-8-6-21-13-23/h2-4,6,8,10,13-14,16H,5,7,9,11-12H2,1H3,(H,22,25)(H,27,28). The molecule has 2 aromatic rings. The van der Waals surface area contributed by atoms with Crippen molar-refractivity contribution < 1.29 is 19.5 Å². The number of anilines is 1. The Labute approximate surface area is 163 Å². The molecular formula is C20H24N4O4. The van der Waals surface area contributed by atoms with E-state index in [1.54, 1.807) is 47.9 Å². The molecule has 2 unspecified atom stereocenters. The van der Waals surface area contributed by atoms with Crippen LogP contribution in [-0.4, -0.2) is 50.4 Å². The number of carboxylic acid groups (broad SMARTS) is 1. The Bertz CT molecular complexity index is 850. The molecule has 1 aliphatic rings. The summed E-state index contributed by atoms with van der Waals surface area (Å²) in [6.45, 7) is 3.21. The number of amides is 2. The van der Waals surface area contributed by atoms with E-state index in [0.717, 1.165) is 0 Å². The number of rotatable bonds is 6. The number of aryl methyl sites for hydroxylation is 1. The molecule has 8 heteroatoms. The Morgan fingerprint density at radius 1 is 1.29 bits per heavy atom. The molecule has 1 aromatic heterocycles. The number of nitrogens with zero attached hydrogens (tertiary/aromatic N) is 3. The summed E-state index contributed by atoms with van der Waals surface area (Å²) in [6.07, 6.45) is 5.96. The Kier molecular flexibility index (Phi) is 6.08. The van der Waals surface area contributed by atoms with Gasteiger partial charge in [-0.3, -0.25) is 14.4 Å². The molecule has 0 saturated carbocycles. The van der Waals surface area contributed by atoms with E-state index in [1.807, 2.05) is 11.5 Å². The van der Waals surface area contributed by atoms with Crippen LogP contribution in [-0.2, 0) is 16.1 Å². The zero-order valence-corrected chi connectivity index (χ0v) is 15.7. The first-order valence-corrected chi connectivity index (χ1v) is 9.30.